The molecule has 0 fully saturated rings. The Bertz CT molecular complexity index is 1770. The largest absolute Gasteiger partial charge is 0.463 e. The fourth-order valence-electron chi connectivity index (χ4n) is 4.95. The van der Waals surface area contributed by atoms with Gasteiger partial charge in [0.05, 0.1) is 22.4 Å². The van der Waals surface area contributed by atoms with E-state index in [4.69, 9.17) is 16.3 Å². The summed E-state index contributed by atoms with van der Waals surface area (Å²) in [4.78, 5) is 32.1. The van der Waals surface area contributed by atoms with Crippen LogP contribution in [0.2, 0.25) is 5.02 Å². The Labute approximate surface area is 229 Å². The van der Waals surface area contributed by atoms with Crippen LogP contribution in [0.15, 0.2) is 75.7 Å². The Morgan fingerprint density at radius 3 is 2.50 bits per heavy atom. The molecule has 6 nitrogen and oxygen atoms in total. The maximum absolute atomic E-state index is 13.9. The zero-order valence-electron chi connectivity index (χ0n) is 21.9. The van der Waals surface area contributed by atoms with Crippen molar-refractivity contribution in [2.45, 2.75) is 40.7 Å². The minimum atomic E-state index is -0.735. The van der Waals surface area contributed by atoms with E-state index in [0.717, 1.165) is 22.6 Å². The van der Waals surface area contributed by atoms with Crippen LogP contribution in [0.5, 0.6) is 0 Å². The highest BCUT2D eigenvalue weighted by Crippen LogP contribution is 2.34. The Kier molecular flexibility index (Phi) is 6.99. The number of ether oxygens (including phenoxy) is 1. The highest BCUT2D eigenvalue weighted by molar-refractivity contribution is 7.07. The summed E-state index contributed by atoms with van der Waals surface area (Å²) in [5.74, 6) is -0.505. The van der Waals surface area contributed by atoms with E-state index in [2.05, 4.69) is 53.7 Å². The third-order valence-electron chi connectivity index (χ3n) is 6.77. The second kappa shape index (κ2) is 10.2. The molecule has 1 atom stereocenters. The molecule has 1 aliphatic heterocycles. The summed E-state index contributed by atoms with van der Waals surface area (Å²) in [5.41, 5.74) is 6.56. The second-order valence-electron chi connectivity index (χ2n) is 9.32. The van der Waals surface area contributed by atoms with Crippen molar-refractivity contribution in [1.29, 1.82) is 0 Å². The van der Waals surface area contributed by atoms with Gasteiger partial charge in [0.15, 0.2) is 4.80 Å². The van der Waals surface area contributed by atoms with Crippen molar-refractivity contribution in [3.05, 3.63) is 119 Å². The van der Waals surface area contributed by atoms with E-state index in [1.54, 1.807) is 24.5 Å². The molecule has 0 saturated heterocycles. The molecule has 0 aliphatic carbocycles. The molecule has 2 aromatic carbocycles. The van der Waals surface area contributed by atoms with E-state index in [-0.39, 0.29) is 12.2 Å². The molecule has 8 heteroatoms. The van der Waals surface area contributed by atoms with Gasteiger partial charge in [0.1, 0.15) is 6.04 Å². The predicted molar refractivity (Wildman–Crippen MR) is 152 cm³/mol. The Morgan fingerprint density at radius 2 is 1.82 bits per heavy atom. The number of esters is 1. The molecule has 5 rings (SSSR count). The molecule has 194 valence electrons. The molecule has 0 bridgehead atoms. The van der Waals surface area contributed by atoms with Gasteiger partial charge in [-0.3, -0.25) is 9.36 Å². The lowest BCUT2D eigenvalue weighted by Crippen LogP contribution is -2.40. The first-order chi connectivity index (χ1) is 18.2. The van der Waals surface area contributed by atoms with Crippen LogP contribution in [0.25, 0.3) is 11.8 Å². The maximum atomic E-state index is 13.9. The van der Waals surface area contributed by atoms with Crippen molar-refractivity contribution in [1.82, 2.24) is 9.13 Å². The monoisotopic (exact) mass is 545 g/mol. The lowest BCUT2D eigenvalue weighted by molar-refractivity contribution is -0.139. The van der Waals surface area contributed by atoms with Crippen molar-refractivity contribution in [3.8, 4) is 5.69 Å². The van der Waals surface area contributed by atoms with Crippen LogP contribution in [-0.4, -0.2) is 21.7 Å². The number of hydrogen-bond acceptors (Lipinski definition) is 5. The summed E-state index contributed by atoms with van der Waals surface area (Å²) >= 11 is 7.89. The molecule has 1 unspecified atom stereocenters. The third kappa shape index (κ3) is 4.46. The second-order valence-corrected chi connectivity index (χ2v) is 10.7. The van der Waals surface area contributed by atoms with E-state index < -0.39 is 12.0 Å². The summed E-state index contributed by atoms with van der Waals surface area (Å²) in [6, 6.07) is 17.0. The standard InChI is InChI=1S/C30H28ClN3O3S/c1-6-37-29(36)26-19(4)32-30-34(27(26)23-9-7-8-10-24(23)31)28(35)25(38-30)16-21-15-18(3)33(20(21)5)22-13-11-17(2)12-14-22/h7-16,27H,6H2,1-5H3/b25-16-. The van der Waals surface area contributed by atoms with Crippen molar-refractivity contribution < 1.29 is 9.53 Å². The van der Waals surface area contributed by atoms with Crippen LogP contribution in [0.4, 0.5) is 0 Å². The van der Waals surface area contributed by atoms with Gasteiger partial charge in [-0.1, -0.05) is 58.8 Å². The van der Waals surface area contributed by atoms with E-state index in [9.17, 15) is 9.59 Å². The SMILES string of the molecule is CCOC(=O)C1=C(C)N=c2s/c(=C\c3cc(C)n(-c4ccc(C)cc4)c3C)c(=O)n2C1c1ccccc1Cl. The fraction of sp³-hybridized carbons (Fsp3) is 0.233. The number of hydrogen-bond donors (Lipinski definition) is 0. The first-order valence-electron chi connectivity index (χ1n) is 12.4. The molecule has 4 aromatic rings. The van der Waals surface area contributed by atoms with Crippen molar-refractivity contribution >= 4 is 35.0 Å². The number of thiazole rings is 1. The molecule has 0 amide bonds. The normalized spacial score (nSPS) is 15.4. The van der Waals surface area contributed by atoms with E-state index in [0.29, 0.717) is 31.2 Å². The Hall–Kier alpha value is -3.68. The van der Waals surface area contributed by atoms with Crippen LogP contribution in [-0.2, 0) is 9.53 Å². The molecular formula is C30H28ClN3O3S. The molecule has 3 heterocycles. The number of allylic oxidation sites excluding steroid dienone is 1. The average molecular weight is 546 g/mol. The molecular weight excluding hydrogens is 518 g/mol. The van der Waals surface area contributed by atoms with E-state index in [1.165, 1.54) is 16.9 Å². The molecule has 38 heavy (non-hydrogen) atoms. The van der Waals surface area contributed by atoms with Crippen molar-refractivity contribution in [3.63, 3.8) is 0 Å². The molecule has 1 aliphatic rings. The highest BCUT2D eigenvalue weighted by atomic mass is 35.5. The fourth-order valence-corrected chi connectivity index (χ4v) is 6.23. The van der Waals surface area contributed by atoms with Gasteiger partial charge in [0.2, 0.25) is 0 Å². The number of benzene rings is 2. The summed E-state index contributed by atoms with van der Waals surface area (Å²) < 4.78 is 9.63. The van der Waals surface area contributed by atoms with Crippen LogP contribution < -0.4 is 14.9 Å². The zero-order valence-corrected chi connectivity index (χ0v) is 23.5. The van der Waals surface area contributed by atoms with Gasteiger partial charge in [-0.15, -0.1) is 0 Å². The van der Waals surface area contributed by atoms with Gasteiger partial charge in [0.25, 0.3) is 5.56 Å². The van der Waals surface area contributed by atoms with Crippen LogP contribution in [0.1, 0.15) is 48.0 Å². The number of fused-ring (bicyclic) bond motifs is 1. The van der Waals surface area contributed by atoms with Crippen molar-refractivity contribution in [2.75, 3.05) is 6.61 Å². The molecule has 0 saturated carbocycles. The lowest BCUT2D eigenvalue weighted by atomic mass is 9.96. The van der Waals surface area contributed by atoms with Gasteiger partial charge in [-0.25, -0.2) is 9.79 Å². The molecule has 0 N–H and O–H groups in total. The maximum Gasteiger partial charge on any atom is 0.338 e. The first kappa shape index (κ1) is 25.9. The zero-order chi connectivity index (χ0) is 27.1. The summed E-state index contributed by atoms with van der Waals surface area (Å²) in [7, 11) is 0. The Morgan fingerprint density at radius 1 is 1.11 bits per heavy atom. The van der Waals surface area contributed by atoms with Crippen LogP contribution >= 0.6 is 22.9 Å². The van der Waals surface area contributed by atoms with Gasteiger partial charge in [0, 0.05) is 22.1 Å². The lowest BCUT2D eigenvalue weighted by Gasteiger charge is -2.25. The summed E-state index contributed by atoms with van der Waals surface area (Å²) in [6.07, 6.45) is 1.91. The predicted octanol–water partition coefficient (Wildman–Crippen LogP) is 5.17. The van der Waals surface area contributed by atoms with Gasteiger partial charge < -0.3 is 9.30 Å². The number of nitrogens with zero attached hydrogens (tertiary/aromatic N) is 3. The smallest absolute Gasteiger partial charge is 0.338 e. The quantitative estimate of drug-likeness (QED) is 0.325. The number of carbonyl (C=O) groups is 1. The first-order valence-corrected chi connectivity index (χ1v) is 13.6. The molecule has 2 aromatic heterocycles. The minimum Gasteiger partial charge on any atom is -0.463 e. The summed E-state index contributed by atoms with van der Waals surface area (Å²) in [5, 5.41) is 0.463. The van der Waals surface area contributed by atoms with Crippen LogP contribution in [0, 0.1) is 20.8 Å². The topological polar surface area (TPSA) is 65.6 Å². The Balaban J connectivity index is 1.70. The number of aromatic nitrogens is 2. The summed E-state index contributed by atoms with van der Waals surface area (Å²) in [6.45, 7) is 9.90. The number of carbonyl (C=O) groups excluding carboxylic acids is 1. The number of halogens is 1. The number of rotatable bonds is 5. The molecule has 0 spiro atoms. The third-order valence-corrected chi connectivity index (χ3v) is 8.09. The van der Waals surface area contributed by atoms with Gasteiger partial charge in [-0.2, -0.15) is 0 Å². The molecule has 0 radical (unpaired) electrons. The van der Waals surface area contributed by atoms with E-state index >= 15 is 0 Å². The van der Waals surface area contributed by atoms with E-state index in [1.807, 2.05) is 31.2 Å². The minimum absolute atomic E-state index is 0.214. The van der Waals surface area contributed by atoms with Crippen LogP contribution in [0.3, 0.4) is 0 Å². The highest BCUT2D eigenvalue weighted by Gasteiger charge is 2.34. The number of aryl methyl sites for hydroxylation is 2. The van der Waals surface area contributed by atoms with Crippen molar-refractivity contribution in [2.24, 2.45) is 4.99 Å². The van der Waals surface area contributed by atoms with Gasteiger partial charge in [-0.05, 0) is 76.1 Å². The van der Waals surface area contributed by atoms with Gasteiger partial charge >= 0.3 is 5.97 Å². The average Bonchev–Trinajstić information content (AvgIpc) is 3.33.